The Morgan fingerprint density at radius 3 is 2.81 bits per heavy atom. The third-order valence-electron chi connectivity index (χ3n) is 5.20. The number of ether oxygens (including phenoxy) is 1. The largest absolute Gasteiger partial charge is 0.378 e. The lowest BCUT2D eigenvalue weighted by Gasteiger charge is -2.26. The SMILES string of the molecule is O=C(Cc1[nH]c(=S)n2c1CC(c1c(F)ccc(Cl)c1F)C2)N1CCOCC1. The summed E-state index contributed by atoms with van der Waals surface area (Å²) in [5.74, 6) is -1.77. The first-order valence-corrected chi connectivity index (χ1v) is 9.53. The number of imidazole rings is 1. The number of hydrogen-bond donors (Lipinski definition) is 1. The molecule has 0 spiro atoms. The second-order valence-electron chi connectivity index (χ2n) is 6.79. The van der Waals surface area contributed by atoms with E-state index < -0.39 is 17.6 Å². The van der Waals surface area contributed by atoms with Gasteiger partial charge in [0.25, 0.3) is 0 Å². The average molecular weight is 414 g/mol. The second kappa shape index (κ2) is 7.33. The predicted molar refractivity (Wildman–Crippen MR) is 98.5 cm³/mol. The minimum Gasteiger partial charge on any atom is -0.378 e. The van der Waals surface area contributed by atoms with Gasteiger partial charge in [-0.3, -0.25) is 4.79 Å². The van der Waals surface area contributed by atoms with E-state index in [1.54, 1.807) is 4.90 Å². The molecule has 9 heteroatoms. The van der Waals surface area contributed by atoms with Crippen LogP contribution in [-0.2, 0) is 28.9 Å². The fourth-order valence-corrected chi connectivity index (χ4v) is 4.30. The third-order valence-corrected chi connectivity index (χ3v) is 5.81. The highest BCUT2D eigenvalue weighted by Gasteiger charge is 2.32. The molecule has 0 radical (unpaired) electrons. The molecule has 2 aromatic rings. The maximum Gasteiger partial charge on any atom is 0.228 e. The van der Waals surface area contributed by atoms with E-state index in [1.807, 2.05) is 4.57 Å². The van der Waals surface area contributed by atoms with Crippen LogP contribution in [0.3, 0.4) is 0 Å². The predicted octanol–water partition coefficient (Wildman–Crippen LogP) is 3.22. The van der Waals surface area contributed by atoms with Gasteiger partial charge in [-0.25, -0.2) is 8.78 Å². The number of carbonyl (C=O) groups is 1. The molecular weight excluding hydrogens is 396 g/mol. The number of rotatable bonds is 3. The standard InChI is InChI=1S/C18H18ClF2N3O2S/c19-11-1-2-12(20)16(17(11)21)10-7-14-13(22-18(27)24(14)9-10)8-15(25)23-3-5-26-6-4-23/h1-2,10H,3-9H2,(H,22,27). The first-order valence-electron chi connectivity index (χ1n) is 8.75. The molecule has 0 aliphatic carbocycles. The summed E-state index contributed by atoms with van der Waals surface area (Å²) in [7, 11) is 0. The molecule has 4 rings (SSSR count). The van der Waals surface area contributed by atoms with Crippen LogP contribution in [0.4, 0.5) is 8.78 Å². The van der Waals surface area contributed by atoms with Crippen molar-refractivity contribution in [2.75, 3.05) is 26.3 Å². The highest BCUT2D eigenvalue weighted by molar-refractivity contribution is 7.71. The van der Waals surface area contributed by atoms with E-state index in [1.165, 1.54) is 12.1 Å². The zero-order chi connectivity index (χ0) is 19.1. The molecule has 1 unspecified atom stereocenters. The number of nitrogens with zero attached hydrogens (tertiary/aromatic N) is 2. The molecule has 3 heterocycles. The summed E-state index contributed by atoms with van der Waals surface area (Å²) in [5, 5.41) is -0.101. The van der Waals surface area contributed by atoms with Gasteiger partial charge in [0, 0.05) is 42.5 Å². The molecule has 2 aliphatic rings. The van der Waals surface area contributed by atoms with Crippen molar-refractivity contribution in [1.82, 2.24) is 14.5 Å². The summed E-state index contributed by atoms with van der Waals surface area (Å²) in [6, 6.07) is 2.39. The second-order valence-corrected chi connectivity index (χ2v) is 7.59. The Morgan fingerprint density at radius 1 is 1.33 bits per heavy atom. The number of benzene rings is 1. The van der Waals surface area contributed by atoms with Crippen LogP contribution in [0.1, 0.15) is 22.9 Å². The van der Waals surface area contributed by atoms with Gasteiger partial charge in [-0.2, -0.15) is 0 Å². The van der Waals surface area contributed by atoms with Gasteiger partial charge in [0.05, 0.1) is 24.7 Å². The molecular formula is C18H18ClF2N3O2S. The van der Waals surface area contributed by atoms with Crippen LogP contribution in [0.25, 0.3) is 0 Å². The fourth-order valence-electron chi connectivity index (χ4n) is 3.83. The third kappa shape index (κ3) is 3.41. The Bertz CT molecular complexity index is 953. The van der Waals surface area contributed by atoms with Gasteiger partial charge in [-0.1, -0.05) is 11.6 Å². The summed E-state index contributed by atoms with van der Waals surface area (Å²) in [6.07, 6.45) is 0.576. The van der Waals surface area contributed by atoms with Crippen molar-refractivity contribution < 1.29 is 18.3 Å². The summed E-state index contributed by atoms with van der Waals surface area (Å²) in [4.78, 5) is 17.4. The van der Waals surface area contributed by atoms with Crippen LogP contribution in [-0.4, -0.2) is 46.7 Å². The minimum atomic E-state index is -0.728. The molecule has 0 saturated carbocycles. The Labute approximate surface area is 164 Å². The number of nitrogens with one attached hydrogen (secondary N) is 1. The number of morpholine rings is 1. The average Bonchev–Trinajstić information content (AvgIpc) is 3.21. The summed E-state index contributed by atoms with van der Waals surface area (Å²) < 4.78 is 36.2. The van der Waals surface area contributed by atoms with Crippen LogP contribution in [0.5, 0.6) is 0 Å². The summed E-state index contributed by atoms with van der Waals surface area (Å²) in [6.45, 7) is 2.55. The Morgan fingerprint density at radius 2 is 2.07 bits per heavy atom. The van der Waals surface area contributed by atoms with Gasteiger partial charge < -0.3 is 19.2 Å². The molecule has 1 saturated heterocycles. The zero-order valence-electron chi connectivity index (χ0n) is 14.4. The maximum absolute atomic E-state index is 14.4. The van der Waals surface area contributed by atoms with Crippen LogP contribution in [0.15, 0.2) is 12.1 Å². The number of H-pyrrole nitrogens is 1. The Hall–Kier alpha value is -1.77. The van der Waals surface area contributed by atoms with Crippen molar-refractivity contribution >= 4 is 29.7 Å². The number of fused-ring (bicyclic) bond motifs is 1. The van der Waals surface area contributed by atoms with Gasteiger partial charge in [-0.15, -0.1) is 0 Å². The number of hydrogen-bond acceptors (Lipinski definition) is 3. The van der Waals surface area contributed by atoms with Gasteiger partial charge in [0.1, 0.15) is 11.6 Å². The first-order chi connectivity index (χ1) is 13.0. The van der Waals surface area contributed by atoms with Crippen molar-refractivity contribution in [3.63, 3.8) is 0 Å². The minimum absolute atomic E-state index is 0.0125. The molecule has 27 heavy (non-hydrogen) atoms. The summed E-state index contributed by atoms with van der Waals surface area (Å²) in [5.41, 5.74) is 1.51. The van der Waals surface area contributed by atoms with E-state index >= 15 is 0 Å². The number of aromatic amines is 1. The summed E-state index contributed by atoms with van der Waals surface area (Å²) >= 11 is 11.2. The Kier molecular flexibility index (Phi) is 5.05. The van der Waals surface area contributed by atoms with Crippen LogP contribution in [0, 0.1) is 16.4 Å². The molecule has 1 aromatic carbocycles. The number of carbonyl (C=O) groups excluding carboxylic acids is 1. The number of aromatic nitrogens is 2. The van der Waals surface area contributed by atoms with Crippen molar-refractivity contribution in [3.8, 4) is 0 Å². The quantitative estimate of drug-likeness (QED) is 0.621. The normalized spacial score (nSPS) is 19.4. The molecule has 2 aliphatic heterocycles. The van der Waals surface area contributed by atoms with Gasteiger partial charge in [-0.05, 0) is 30.8 Å². The van der Waals surface area contributed by atoms with Gasteiger partial charge in [0.2, 0.25) is 5.91 Å². The fraction of sp³-hybridized carbons (Fsp3) is 0.444. The van der Waals surface area contributed by atoms with Gasteiger partial charge in [0.15, 0.2) is 4.77 Å². The maximum atomic E-state index is 14.4. The number of halogens is 3. The lowest BCUT2D eigenvalue weighted by atomic mass is 9.95. The lowest BCUT2D eigenvalue weighted by Crippen LogP contribution is -2.41. The van der Waals surface area contributed by atoms with Crippen molar-refractivity contribution in [1.29, 1.82) is 0 Å². The molecule has 5 nitrogen and oxygen atoms in total. The van der Waals surface area contributed by atoms with Crippen LogP contribution < -0.4 is 0 Å². The van der Waals surface area contributed by atoms with Crippen molar-refractivity contribution in [2.45, 2.75) is 25.3 Å². The van der Waals surface area contributed by atoms with Crippen LogP contribution >= 0.6 is 23.8 Å². The van der Waals surface area contributed by atoms with Crippen molar-refractivity contribution in [3.05, 3.63) is 50.5 Å². The molecule has 1 N–H and O–H groups in total. The monoisotopic (exact) mass is 413 g/mol. The molecule has 1 amide bonds. The van der Waals surface area contributed by atoms with E-state index in [0.29, 0.717) is 49.7 Å². The van der Waals surface area contributed by atoms with E-state index in [4.69, 9.17) is 28.6 Å². The number of amides is 1. The van der Waals surface area contributed by atoms with Crippen LogP contribution in [0.2, 0.25) is 5.02 Å². The Balaban J connectivity index is 1.58. The topological polar surface area (TPSA) is 50.3 Å². The van der Waals surface area contributed by atoms with E-state index in [9.17, 15) is 13.6 Å². The highest BCUT2D eigenvalue weighted by atomic mass is 35.5. The lowest BCUT2D eigenvalue weighted by molar-refractivity contribution is -0.134. The van der Waals surface area contributed by atoms with E-state index in [0.717, 1.165) is 5.69 Å². The van der Waals surface area contributed by atoms with Gasteiger partial charge >= 0.3 is 0 Å². The van der Waals surface area contributed by atoms with E-state index in [2.05, 4.69) is 4.98 Å². The molecule has 1 aromatic heterocycles. The molecule has 144 valence electrons. The molecule has 1 fully saturated rings. The molecule has 0 bridgehead atoms. The smallest absolute Gasteiger partial charge is 0.228 e. The van der Waals surface area contributed by atoms with E-state index in [-0.39, 0.29) is 22.9 Å². The van der Waals surface area contributed by atoms with Crippen molar-refractivity contribution in [2.24, 2.45) is 0 Å². The first kappa shape index (κ1) is 18.6. The zero-order valence-corrected chi connectivity index (χ0v) is 16.0. The highest BCUT2D eigenvalue weighted by Crippen LogP contribution is 2.36. The molecule has 1 atom stereocenters.